The topological polar surface area (TPSA) is 12.5 Å². The van der Waals surface area contributed by atoms with Crippen LogP contribution in [0.3, 0.4) is 0 Å². The van der Waals surface area contributed by atoms with Gasteiger partial charge in [0.25, 0.3) is 0 Å². The Morgan fingerprint density at radius 2 is 1.78 bits per heavy atom. The Hall–Kier alpha value is 0.400. The second-order valence-electron chi connectivity index (χ2n) is 5.66. The molecule has 1 saturated heterocycles. The van der Waals surface area contributed by atoms with E-state index in [9.17, 15) is 0 Å². The van der Waals surface area contributed by atoms with E-state index in [0.717, 1.165) is 11.9 Å². The van der Waals surface area contributed by atoms with Gasteiger partial charge in [-0.3, -0.25) is 0 Å². The van der Waals surface area contributed by atoms with Gasteiger partial charge in [0.2, 0.25) is 0 Å². The van der Waals surface area contributed by atoms with E-state index in [2.05, 4.69) is 34.7 Å². The summed E-state index contributed by atoms with van der Waals surface area (Å²) in [6, 6.07) is 0. The van der Waals surface area contributed by atoms with Gasteiger partial charge in [0.15, 0.2) is 0 Å². The molecule has 1 aliphatic rings. The fraction of sp³-hybridized carbons (Fsp3) is 0.933. The molecule has 0 aromatic heterocycles. The van der Waals surface area contributed by atoms with E-state index in [1.54, 1.807) is 0 Å². The molecule has 0 atom stereocenters. The van der Waals surface area contributed by atoms with Gasteiger partial charge in [-0.2, -0.15) is 0 Å². The summed E-state index contributed by atoms with van der Waals surface area (Å²) < 4.78 is 5.97. The molecule has 0 saturated carbocycles. The standard InChI is InChI=1S/C15H29BrNO/c1-14(2)13-17-10-7-15(8-11-17)18-12-6-4-3-5-9-16/h15H,3-13H2,1-2H3. The zero-order valence-corrected chi connectivity index (χ0v) is 13.7. The van der Waals surface area contributed by atoms with Crippen molar-refractivity contribution in [1.29, 1.82) is 0 Å². The van der Waals surface area contributed by atoms with E-state index < -0.39 is 0 Å². The van der Waals surface area contributed by atoms with Gasteiger partial charge in [-0.1, -0.05) is 42.6 Å². The van der Waals surface area contributed by atoms with Gasteiger partial charge in [0.05, 0.1) is 6.10 Å². The van der Waals surface area contributed by atoms with E-state index in [1.807, 2.05) is 0 Å². The van der Waals surface area contributed by atoms with Gasteiger partial charge in [-0.05, 0) is 31.6 Å². The van der Waals surface area contributed by atoms with Gasteiger partial charge in [0.1, 0.15) is 0 Å². The summed E-state index contributed by atoms with van der Waals surface area (Å²) in [5.74, 6) is 1.51. The molecular weight excluding hydrogens is 290 g/mol. The van der Waals surface area contributed by atoms with E-state index in [0.29, 0.717) is 6.10 Å². The predicted molar refractivity (Wildman–Crippen MR) is 82.3 cm³/mol. The van der Waals surface area contributed by atoms with Crippen molar-refractivity contribution < 1.29 is 4.74 Å². The molecule has 1 fully saturated rings. The molecular formula is C15H29BrNO. The lowest BCUT2D eigenvalue weighted by molar-refractivity contribution is 0.00681. The summed E-state index contributed by atoms with van der Waals surface area (Å²) in [6.45, 7) is 8.98. The lowest BCUT2D eigenvalue weighted by atomic mass is 10.1. The molecule has 1 heterocycles. The van der Waals surface area contributed by atoms with E-state index in [4.69, 9.17) is 4.74 Å². The average Bonchev–Trinajstić information content (AvgIpc) is 2.35. The first kappa shape index (κ1) is 16.5. The highest BCUT2D eigenvalue weighted by molar-refractivity contribution is 9.09. The molecule has 0 N–H and O–H groups in total. The summed E-state index contributed by atoms with van der Waals surface area (Å²) in [5, 5.41) is 1.14. The molecule has 0 aromatic carbocycles. The van der Waals surface area contributed by atoms with E-state index in [1.165, 1.54) is 64.1 Å². The molecule has 0 aromatic rings. The Morgan fingerprint density at radius 3 is 2.39 bits per heavy atom. The third kappa shape index (κ3) is 7.75. The Balaban J connectivity index is 1.95. The largest absolute Gasteiger partial charge is 0.378 e. The Labute approximate surface area is 122 Å². The van der Waals surface area contributed by atoms with Crippen LogP contribution in [-0.4, -0.2) is 42.6 Å². The zero-order chi connectivity index (χ0) is 13.2. The van der Waals surface area contributed by atoms with Crippen LogP contribution in [0.15, 0.2) is 0 Å². The van der Waals surface area contributed by atoms with Gasteiger partial charge in [-0.15, -0.1) is 0 Å². The molecule has 0 bridgehead atoms. The third-order valence-electron chi connectivity index (χ3n) is 3.46. The van der Waals surface area contributed by atoms with Crippen LogP contribution < -0.4 is 0 Å². The van der Waals surface area contributed by atoms with Crippen LogP contribution in [-0.2, 0) is 4.74 Å². The number of ether oxygens (including phenoxy) is 1. The normalized spacial score (nSPS) is 18.7. The first-order chi connectivity index (χ1) is 8.72. The minimum Gasteiger partial charge on any atom is -0.378 e. The summed E-state index contributed by atoms with van der Waals surface area (Å²) in [5.41, 5.74) is 0. The molecule has 2 nitrogen and oxygen atoms in total. The van der Waals surface area contributed by atoms with Crippen molar-refractivity contribution in [1.82, 2.24) is 4.90 Å². The summed E-state index contributed by atoms with van der Waals surface area (Å²) >= 11 is 3.47. The van der Waals surface area contributed by atoms with E-state index >= 15 is 0 Å². The van der Waals surface area contributed by atoms with Crippen molar-refractivity contribution in [2.24, 2.45) is 0 Å². The maximum atomic E-state index is 5.97. The predicted octanol–water partition coefficient (Wildman–Crippen LogP) is 4.04. The summed E-state index contributed by atoms with van der Waals surface area (Å²) in [7, 11) is 0. The minimum absolute atomic E-state index is 0.523. The molecule has 0 spiro atoms. The smallest absolute Gasteiger partial charge is 0.0599 e. The molecule has 1 rings (SSSR count). The highest BCUT2D eigenvalue weighted by Crippen LogP contribution is 2.16. The van der Waals surface area contributed by atoms with Crippen molar-refractivity contribution in [3.05, 3.63) is 5.92 Å². The van der Waals surface area contributed by atoms with Crippen LogP contribution >= 0.6 is 15.9 Å². The highest BCUT2D eigenvalue weighted by atomic mass is 79.9. The molecule has 0 aliphatic carbocycles. The van der Waals surface area contributed by atoms with E-state index in [-0.39, 0.29) is 0 Å². The summed E-state index contributed by atoms with van der Waals surface area (Å²) in [6.07, 6.45) is 8.13. The SMILES string of the molecule is C[C](C)CN1CCC(OCCCCCCBr)CC1. The number of rotatable bonds is 9. The minimum atomic E-state index is 0.523. The molecule has 0 unspecified atom stereocenters. The maximum Gasteiger partial charge on any atom is 0.0599 e. The van der Waals surface area contributed by atoms with Crippen molar-refractivity contribution in [3.8, 4) is 0 Å². The first-order valence-corrected chi connectivity index (χ1v) is 8.53. The molecule has 1 radical (unpaired) electrons. The van der Waals surface area contributed by atoms with Gasteiger partial charge in [-0.25, -0.2) is 0 Å². The second kappa shape index (κ2) is 10.2. The average molecular weight is 319 g/mol. The molecule has 107 valence electrons. The number of piperidine rings is 1. The molecule has 3 heteroatoms. The van der Waals surface area contributed by atoms with Gasteiger partial charge >= 0.3 is 0 Å². The number of nitrogens with zero attached hydrogens (tertiary/aromatic N) is 1. The number of halogens is 1. The number of alkyl halides is 1. The van der Waals surface area contributed by atoms with Crippen molar-refractivity contribution >= 4 is 15.9 Å². The Morgan fingerprint density at radius 1 is 1.11 bits per heavy atom. The van der Waals surface area contributed by atoms with Crippen LogP contribution in [0, 0.1) is 5.92 Å². The Kier molecular flexibility index (Phi) is 9.34. The zero-order valence-electron chi connectivity index (χ0n) is 12.1. The summed E-state index contributed by atoms with van der Waals surface area (Å²) in [4.78, 5) is 2.55. The quantitative estimate of drug-likeness (QED) is 0.470. The fourth-order valence-electron chi connectivity index (χ4n) is 2.48. The number of likely N-dealkylation sites (tertiary alicyclic amines) is 1. The monoisotopic (exact) mass is 318 g/mol. The molecule has 1 aliphatic heterocycles. The number of hydrogen-bond donors (Lipinski definition) is 0. The third-order valence-corrected chi connectivity index (χ3v) is 4.02. The number of unbranched alkanes of at least 4 members (excludes halogenated alkanes) is 3. The molecule has 18 heavy (non-hydrogen) atoms. The maximum absolute atomic E-state index is 5.97. The van der Waals surface area contributed by atoms with Crippen LogP contribution in [0.2, 0.25) is 0 Å². The van der Waals surface area contributed by atoms with Crippen molar-refractivity contribution in [2.45, 2.75) is 58.5 Å². The van der Waals surface area contributed by atoms with Crippen LogP contribution in [0.1, 0.15) is 52.4 Å². The van der Waals surface area contributed by atoms with Crippen LogP contribution in [0.4, 0.5) is 0 Å². The van der Waals surface area contributed by atoms with Crippen LogP contribution in [0.25, 0.3) is 0 Å². The van der Waals surface area contributed by atoms with Crippen LogP contribution in [0.5, 0.6) is 0 Å². The highest BCUT2D eigenvalue weighted by Gasteiger charge is 2.19. The second-order valence-corrected chi connectivity index (χ2v) is 6.45. The van der Waals surface area contributed by atoms with Crippen molar-refractivity contribution in [3.63, 3.8) is 0 Å². The lowest BCUT2D eigenvalue weighted by Crippen LogP contribution is -2.38. The lowest BCUT2D eigenvalue weighted by Gasteiger charge is -2.32. The van der Waals surface area contributed by atoms with Gasteiger partial charge in [0, 0.05) is 31.6 Å². The fourth-order valence-corrected chi connectivity index (χ4v) is 2.88. The number of hydrogen-bond acceptors (Lipinski definition) is 2. The van der Waals surface area contributed by atoms with Crippen molar-refractivity contribution in [2.75, 3.05) is 31.6 Å². The van der Waals surface area contributed by atoms with Gasteiger partial charge < -0.3 is 9.64 Å². The molecule has 0 amide bonds. The Bertz CT molecular complexity index is 191. The first-order valence-electron chi connectivity index (χ1n) is 7.41.